The van der Waals surface area contributed by atoms with E-state index in [-0.39, 0.29) is 0 Å². The van der Waals surface area contributed by atoms with Crippen molar-refractivity contribution in [2.45, 2.75) is 41.0 Å². The van der Waals surface area contributed by atoms with Crippen LogP contribution in [0.15, 0.2) is 0 Å². The average Bonchev–Trinajstić information content (AvgIpc) is 1.63. The van der Waals surface area contributed by atoms with E-state index < -0.39 is 0 Å². The van der Waals surface area contributed by atoms with Gasteiger partial charge in [0, 0.05) is 7.85 Å². The summed E-state index contributed by atoms with van der Waals surface area (Å²) in [5, 5.41) is 0. The molecule has 0 saturated heterocycles. The lowest BCUT2D eigenvalue weighted by Crippen LogP contribution is -1.93. The van der Waals surface area contributed by atoms with Crippen LogP contribution in [-0.4, -0.2) is 7.85 Å². The monoisotopic (exact) mass is 352 g/mol. The third kappa shape index (κ3) is 9.46. The zero-order valence-corrected chi connectivity index (χ0v) is 10.3. The fraction of sp³-hybridized carbons (Fsp3) is 1.00. The quantitative estimate of drug-likeness (QED) is 0.533. The lowest BCUT2D eigenvalue weighted by molar-refractivity contribution is 0.692. The molecule has 0 heterocycles. The van der Waals surface area contributed by atoms with E-state index in [1.807, 2.05) is 0 Å². The summed E-state index contributed by atoms with van der Waals surface area (Å²) >= 11 is 4.97. The van der Waals surface area contributed by atoms with E-state index in [0.29, 0.717) is 0 Å². The summed E-state index contributed by atoms with van der Waals surface area (Å²) in [5.74, 6) is 0. The molecule has 0 aromatic rings. The fourth-order valence-electron chi connectivity index (χ4n) is 0.680. The normalized spacial score (nSPS) is 17.3. The molecule has 0 nitrogen and oxygen atoms in total. The third-order valence-electron chi connectivity index (χ3n) is 1.20. The van der Waals surface area contributed by atoms with Gasteiger partial charge in [0.25, 0.3) is 0 Å². The van der Waals surface area contributed by atoms with E-state index in [2.05, 4.69) is 59.0 Å². The molecule has 0 aromatic heterocycles. The highest BCUT2D eigenvalue weighted by molar-refractivity contribution is 14.1. The van der Waals surface area contributed by atoms with Gasteiger partial charge in [-0.15, -0.1) is 0 Å². The van der Waals surface area contributed by atoms with Crippen LogP contribution in [0.2, 0.25) is 0 Å². The van der Waals surface area contributed by atoms with Crippen LogP contribution in [0, 0.1) is 0 Å². The Morgan fingerprint density at radius 1 is 1.00 bits per heavy atom. The molecular weight excluding hydrogens is 338 g/mol. The minimum absolute atomic E-state index is 0.859. The molecule has 0 saturated carbocycles. The van der Waals surface area contributed by atoms with Crippen molar-refractivity contribution in [2.75, 3.05) is 0 Å². The molecule has 0 radical (unpaired) electrons. The molecule has 2 heteroatoms. The van der Waals surface area contributed by atoms with Crippen molar-refractivity contribution in [2.24, 2.45) is 0 Å². The molecule has 0 bridgehead atoms. The van der Waals surface area contributed by atoms with Gasteiger partial charge in [-0.1, -0.05) is 65.5 Å². The number of rotatable bonds is 4. The third-order valence-corrected chi connectivity index (χ3v) is 2.45. The first-order chi connectivity index (χ1) is 4.13. The summed E-state index contributed by atoms with van der Waals surface area (Å²) in [5.41, 5.74) is 0. The fourth-order valence-corrected chi connectivity index (χ4v) is 1.56. The van der Waals surface area contributed by atoms with E-state index in [0.717, 1.165) is 7.85 Å². The highest BCUT2D eigenvalue weighted by Gasteiger charge is 1.97. The summed E-state index contributed by atoms with van der Waals surface area (Å²) in [4.78, 5) is 0. The minimum atomic E-state index is 0.859. The smallest absolute Gasteiger partial charge is 0.00813 e. The summed E-state index contributed by atoms with van der Waals surface area (Å²) in [7, 11) is 0. The first kappa shape index (κ1) is 10.5. The lowest BCUT2D eigenvalue weighted by atomic mass is 10.2. The molecular formula is C7H14I2. The summed E-state index contributed by atoms with van der Waals surface area (Å²) in [6.07, 6.45) is 4.16. The number of alkyl halides is 2. The van der Waals surface area contributed by atoms with E-state index in [1.54, 1.807) is 0 Å². The Bertz CT molecular complexity index is 51.9. The van der Waals surface area contributed by atoms with E-state index in [9.17, 15) is 0 Å². The highest BCUT2D eigenvalue weighted by Crippen LogP contribution is 2.13. The Balaban J connectivity index is 2.91. The highest BCUT2D eigenvalue weighted by atomic mass is 127. The van der Waals surface area contributed by atoms with Crippen molar-refractivity contribution in [3.05, 3.63) is 0 Å². The topological polar surface area (TPSA) is 0 Å². The van der Waals surface area contributed by atoms with Gasteiger partial charge >= 0.3 is 0 Å². The first-order valence-corrected chi connectivity index (χ1v) is 5.90. The molecule has 0 spiro atoms. The number of halogens is 2. The van der Waals surface area contributed by atoms with Crippen molar-refractivity contribution in [1.82, 2.24) is 0 Å². The zero-order chi connectivity index (χ0) is 7.28. The van der Waals surface area contributed by atoms with E-state index in [4.69, 9.17) is 0 Å². The van der Waals surface area contributed by atoms with Gasteiger partial charge in [0.05, 0.1) is 0 Å². The second-order valence-electron chi connectivity index (χ2n) is 2.49. The molecule has 2 unspecified atom stereocenters. The predicted octanol–water partition coefficient (Wildman–Crippen LogP) is 3.80. The average molecular weight is 352 g/mol. The Labute approximate surface area is 85.5 Å². The van der Waals surface area contributed by atoms with Crippen LogP contribution in [0.5, 0.6) is 0 Å². The minimum Gasteiger partial charge on any atom is -0.0829 e. The van der Waals surface area contributed by atoms with Crippen LogP contribution in [0.3, 0.4) is 0 Å². The van der Waals surface area contributed by atoms with Gasteiger partial charge in [0.15, 0.2) is 0 Å². The van der Waals surface area contributed by atoms with Gasteiger partial charge in [-0.3, -0.25) is 0 Å². The van der Waals surface area contributed by atoms with Crippen molar-refractivity contribution >= 4 is 45.2 Å². The Morgan fingerprint density at radius 3 is 1.56 bits per heavy atom. The molecule has 9 heavy (non-hydrogen) atoms. The molecule has 0 aromatic carbocycles. The molecule has 0 N–H and O–H groups in total. The van der Waals surface area contributed by atoms with Crippen molar-refractivity contribution in [3.8, 4) is 0 Å². The molecule has 0 rings (SSSR count). The second-order valence-corrected chi connectivity index (χ2v) is 6.75. The Morgan fingerprint density at radius 2 is 1.33 bits per heavy atom. The van der Waals surface area contributed by atoms with Gasteiger partial charge in [0.1, 0.15) is 0 Å². The van der Waals surface area contributed by atoms with Crippen molar-refractivity contribution in [1.29, 1.82) is 0 Å². The van der Waals surface area contributed by atoms with E-state index >= 15 is 0 Å². The molecule has 0 aliphatic rings. The van der Waals surface area contributed by atoms with Gasteiger partial charge in [-0.25, -0.2) is 0 Å². The van der Waals surface area contributed by atoms with Crippen molar-refractivity contribution < 1.29 is 0 Å². The SMILES string of the molecule is CC(I)CCCC(C)I. The maximum atomic E-state index is 2.49. The van der Waals surface area contributed by atoms with E-state index in [1.165, 1.54) is 19.3 Å². The number of hydrogen-bond acceptors (Lipinski definition) is 0. The molecule has 0 amide bonds. The van der Waals surface area contributed by atoms with Gasteiger partial charge in [-0.05, 0) is 12.8 Å². The predicted molar refractivity (Wildman–Crippen MR) is 60.8 cm³/mol. The van der Waals surface area contributed by atoms with Crippen LogP contribution in [0.25, 0.3) is 0 Å². The summed E-state index contributed by atoms with van der Waals surface area (Å²) in [6.45, 7) is 4.55. The lowest BCUT2D eigenvalue weighted by Gasteiger charge is -2.03. The summed E-state index contributed by atoms with van der Waals surface area (Å²) in [6, 6.07) is 0. The van der Waals surface area contributed by atoms with Crippen LogP contribution in [-0.2, 0) is 0 Å². The number of hydrogen-bond donors (Lipinski definition) is 0. The van der Waals surface area contributed by atoms with Crippen LogP contribution in [0.1, 0.15) is 33.1 Å². The molecule has 56 valence electrons. The molecule has 2 atom stereocenters. The zero-order valence-electron chi connectivity index (χ0n) is 6.03. The Hall–Kier alpha value is 1.46. The largest absolute Gasteiger partial charge is 0.0829 e. The van der Waals surface area contributed by atoms with Gasteiger partial charge in [0.2, 0.25) is 0 Å². The standard InChI is InChI=1S/C7H14I2/c1-6(8)4-3-5-7(2)9/h6-7H,3-5H2,1-2H3. The second kappa shape index (κ2) is 6.19. The van der Waals surface area contributed by atoms with Crippen LogP contribution < -0.4 is 0 Å². The van der Waals surface area contributed by atoms with Crippen molar-refractivity contribution in [3.63, 3.8) is 0 Å². The molecule has 0 fully saturated rings. The Kier molecular flexibility index (Phi) is 7.19. The maximum Gasteiger partial charge on any atom is 0.00813 e. The maximum absolute atomic E-state index is 2.49. The van der Waals surface area contributed by atoms with Gasteiger partial charge < -0.3 is 0 Å². The molecule has 0 aliphatic heterocycles. The van der Waals surface area contributed by atoms with Crippen LogP contribution in [0.4, 0.5) is 0 Å². The molecule has 0 aliphatic carbocycles. The summed E-state index contributed by atoms with van der Waals surface area (Å²) < 4.78 is 1.72. The first-order valence-electron chi connectivity index (χ1n) is 3.41. The van der Waals surface area contributed by atoms with Gasteiger partial charge in [-0.2, -0.15) is 0 Å². The van der Waals surface area contributed by atoms with Crippen LogP contribution >= 0.6 is 45.2 Å².